The van der Waals surface area contributed by atoms with Crippen molar-refractivity contribution in [3.63, 3.8) is 0 Å². The molecule has 100 valence electrons. The lowest BCUT2D eigenvalue weighted by atomic mass is 10.1. The molecule has 0 radical (unpaired) electrons. The number of benzene rings is 2. The molecule has 0 aliphatic carbocycles. The zero-order valence-electron chi connectivity index (χ0n) is 10.7. The van der Waals surface area contributed by atoms with E-state index in [9.17, 15) is 4.39 Å². The molecule has 0 unspecified atom stereocenters. The average Bonchev–Trinajstić information content (AvgIpc) is 2.43. The van der Waals surface area contributed by atoms with Gasteiger partial charge in [-0.15, -0.1) is 11.6 Å². The third-order valence-corrected chi connectivity index (χ3v) is 3.17. The quantitative estimate of drug-likeness (QED) is 0.720. The van der Waals surface area contributed by atoms with Crippen molar-refractivity contribution >= 4 is 11.6 Å². The molecule has 0 bridgehead atoms. The van der Waals surface area contributed by atoms with Crippen LogP contribution in [-0.4, -0.2) is 17.3 Å². The van der Waals surface area contributed by atoms with Crippen molar-refractivity contribution in [2.24, 2.45) is 0 Å². The Morgan fingerprint density at radius 1 is 0.895 bits per heavy atom. The fourth-order valence-corrected chi connectivity index (χ4v) is 2.28. The summed E-state index contributed by atoms with van der Waals surface area (Å²) < 4.78 is 13.7. The van der Waals surface area contributed by atoms with Crippen LogP contribution >= 0.6 is 11.6 Å². The summed E-state index contributed by atoms with van der Waals surface area (Å²) in [7, 11) is 0. The molecule has 3 heteroatoms. The van der Waals surface area contributed by atoms with Crippen molar-refractivity contribution < 1.29 is 4.39 Å². The molecule has 2 aromatic carbocycles. The highest BCUT2D eigenvalue weighted by Crippen LogP contribution is 2.13. The first-order chi connectivity index (χ1) is 9.29. The first kappa shape index (κ1) is 14.0. The lowest BCUT2D eigenvalue weighted by Crippen LogP contribution is -2.25. The second-order valence-electron chi connectivity index (χ2n) is 4.48. The molecule has 0 aliphatic heterocycles. The number of alkyl halides is 1. The summed E-state index contributed by atoms with van der Waals surface area (Å²) in [5.41, 5.74) is 1.92. The summed E-state index contributed by atoms with van der Waals surface area (Å²) in [6, 6.07) is 17.0. The topological polar surface area (TPSA) is 3.24 Å². The summed E-state index contributed by atoms with van der Waals surface area (Å²) >= 11 is 5.83. The molecule has 0 saturated carbocycles. The highest BCUT2D eigenvalue weighted by atomic mass is 35.5. The van der Waals surface area contributed by atoms with E-state index >= 15 is 0 Å². The van der Waals surface area contributed by atoms with E-state index in [1.807, 2.05) is 30.3 Å². The Morgan fingerprint density at radius 3 is 2.26 bits per heavy atom. The lowest BCUT2D eigenvalue weighted by molar-refractivity contribution is 0.269. The van der Waals surface area contributed by atoms with Crippen LogP contribution in [0.4, 0.5) is 4.39 Å². The summed E-state index contributed by atoms with van der Waals surface area (Å²) in [5, 5.41) is 0. The second kappa shape index (κ2) is 7.27. The van der Waals surface area contributed by atoms with Gasteiger partial charge in [-0.3, -0.25) is 4.90 Å². The lowest BCUT2D eigenvalue weighted by Gasteiger charge is -2.21. The van der Waals surface area contributed by atoms with Crippen molar-refractivity contribution in [3.8, 4) is 0 Å². The van der Waals surface area contributed by atoms with Gasteiger partial charge in [0.25, 0.3) is 0 Å². The van der Waals surface area contributed by atoms with Gasteiger partial charge in [0.1, 0.15) is 5.82 Å². The molecule has 2 aromatic rings. The van der Waals surface area contributed by atoms with Crippen molar-refractivity contribution in [3.05, 3.63) is 71.5 Å². The predicted molar refractivity (Wildman–Crippen MR) is 77.7 cm³/mol. The Labute approximate surface area is 118 Å². The number of hydrogen-bond donors (Lipinski definition) is 0. The van der Waals surface area contributed by atoms with Crippen LogP contribution in [0, 0.1) is 5.82 Å². The maximum absolute atomic E-state index is 13.7. The molecule has 0 heterocycles. The molecule has 0 aliphatic rings. The number of rotatable bonds is 6. The maximum atomic E-state index is 13.7. The molecule has 0 saturated heterocycles. The molecule has 0 spiro atoms. The van der Waals surface area contributed by atoms with Gasteiger partial charge in [0.05, 0.1) is 0 Å². The molecule has 19 heavy (non-hydrogen) atoms. The van der Waals surface area contributed by atoms with Gasteiger partial charge < -0.3 is 0 Å². The predicted octanol–water partition coefficient (Wildman–Crippen LogP) is 4.07. The minimum Gasteiger partial charge on any atom is -0.294 e. The summed E-state index contributed by atoms with van der Waals surface area (Å²) in [6.45, 7) is 2.10. The molecular weight excluding hydrogens is 261 g/mol. The van der Waals surface area contributed by atoms with E-state index in [4.69, 9.17) is 11.6 Å². The highest BCUT2D eigenvalue weighted by molar-refractivity contribution is 6.18. The Balaban J connectivity index is 2.06. The van der Waals surface area contributed by atoms with Crippen LogP contribution in [0.5, 0.6) is 0 Å². The molecule has 0 fully saturated rings. The van der Waals surface area contributed by atoms with Gasteiger partial charge in [0, 0.05) is 31.1 Å². The van der Waals surface area contributed by atoms with Crippen LogP contribution in [0.15, 0.2) is 54.6 Å². The third kappa shape index (κ3) is 4.34. The minimum atomic E-state index is -0.157. The van der Waals surface area contributed by atoms with Crippen molar-refractivity contribution in [1.82, 2.24) is 4.90 Å². The zero-order valence-corrected chi connectivity index (χ0v) is 11.5. The maximum Gasteiger partial charge on any atom is 0.127 e. The van der Waals surface area contributed by atoms with Gasteiger partial charge in [-0.2, -0.15) is 0 Å². The average molecular weight is 278 g/mol. The molecule has 0 N–H and O–H groups in total. The number of halogens is 2. The SMILES string of the molecule is Fc1ccccc1CN(CCCl)Cc1ccccc1. The Kier molecular flexibility index (Phi) is 5.37. The van der Waals surface area contributed by atoms with E-state index in [2.05, 4.69) is 17.0 Å². The van der Waals surface area contributed by atoms with Crippen LogP contribution < -0.4 is 0 Å². The Morgan fingerprint density at radius 2 is 1.58 bits per heavy atom. The van der Waals surface area contributed by atoms with Crippen LogP contribution in [0.1, 0.15) is 11.1 Å². The van der Waals surface area contributed by atoms with Crippen LogP contribution in [0.25, 0.3) is 0 Å². The van der Waals surface area contributed by atoms with E-state index in [0.717, 1.165) is 13.1 Å². The highest BCUT2D eigenvalue weighted by Gasteiger charge is 2.09. The van der Waals surface area contributed by atoms with Crippen LogP contribution in [0.3, 0.4) is 0 Å². The minimum absolute atomic E-state index is 0.157. The molecule has 1 nitrogen and oxygen atoms in total. The zero-order chi connectivity index (χ0) is 13.5. The smallest absolute Gasteiger partial charge is 0.127 e. The van der Waals surface area contributed by atoms with E-state index < -0.39 is 0 Å². The van der Waals surface area contributed by atoms with Crippen LogP contribution in [0.2, 0.25) is 0 Å². The van der Waals surface area contributed by atoms with Gasteiger partial charge >= 0.3 is 0 Å². The van der Waals surface area contributed by atoms with Gasteiger partial charge in [-0.1, -0.05) is 48.5 Å². The Bertz CT molecular complexity index is 501. The fraction of sp³-hybridized carbons (Fsp3) is 0.250. The van der Waals surface area contributed by atoms with Crippen molar-refractivity contribution in [1.29, 1.82) is 0 Å². The number of hydrogen-bond acceptors (Lipinski definition) is 1. The van der Waals surface area contributed by atoms with E-state index in [1.54, 1.807) is 6.07 Å². The Hall–Kier alpha value is -1.38. The summed E-state index contributed by atoms with van der Waals surface area (Å²) in [4.78, 5) is 2.15. The van der Waals surface area contributed by atoms with Gasteiger partial charge in [0.15, 0.2) is 0 Å². The molecule has 0 aromatic heterocycles. The van der Waals surface area contributed by atoms with E-state index in [-0.39, 0.29) is 5.82 Å². The van der Waals surface area contributed by atoms with Crippen molar-refractivity contribution in [2.45, 2.75) is 13.1 Å². The summed E-state index contributed by atoms with van der Waals surface area (Å²) in [6.07, 6.45) is 0. The molecule has 2 rings (SSSR count). The van der Waals surface area contributed by atoms with E-state index in [0.29, 0.717) is 18.0 Å². The normalized spacial score (nSPS) is 10.9. The van der Waals surface area contributed by atoms with E-state index in [1.165, 1.54) is 11.6 Å². The monoisotopic (exact) mass is 277 g/mol. The van der Waals surface area contributed by atoms with Gasteiger partial charge in [-0.25, -0.2) is 4.39 Å². The van der Waals surface area contributed by atoms with Gasteiger partial charge in [0.2, 0.25) is 0 Å². The first-order valence-electron chi connectivity index (χ1n) is 6.35. The summed E-state index contributed by atoms with van der Waals surface area (Å²) in [5.74, 6) is 0.386. The third-order valence-electron chi connectivity index (χ3n) is 3.00. The largest absolute Gasteiger partial charge is 0.294 e. The second-order valence-corrected chi connectivity index (χ2v) is 4.85. The van der Waals surface area contributed by atoms with Gasteiger partial charge in [-0.05, 0) is 11.6 Å². The standard InChI is InChI=1S/C16H17ClFN/c17-10-11-19(12-14-6-2-1-3-7-14)13-15-8-4-5-9-16(15)18/h1-9H,10-13H2. The first-order valence-corrected chi connectivity index (χ1v) is 6.88. The molecule has 0 atom stereocenters. The molecular formula is C16H17ClFN. The van der Waals surface area contributed by atoms with Crippen LogP contribution in [-0.2, 0) is 13.1 Å². The van der Waals surface area contributed by atoms with Crippen molar-refractivity contribution in [2.75, 3.05) is 12.4 Å². The molecule has 0 amide bonds. The number of nitrogens with zero attached hydrogens (tertiary/aromatic N) is 1. The fourth-order valence-electron chi connectivity index (χ4n) is 2.04.